The molecule has 2 bridgehead atoms. The largest absolute Gasteiger partial charge is 0.462 e. The molecule has 22 heavy (non-hydrogen) atoms. The van der Waals surface area contributed by atoms with Crippen molar-refractivity contribution in [2.75, 3.05) is 6.54 Å². The van der Waals surface area contributed by atoms with E-state index in [0.29, 0.717) is 23.6 Å². The smallest absolute Gasteiger partial charge is 0.270 e. The second-order valence-corrected chi connectivity index (χ2v) is 6.64. The van der Waals surface area contributed by atoms with Gasteiger partial charge in [-0.15, -0.1) is 0 Å². The molecular formula is C17H21N3O2. The van der Waals surface area contributed by atoms with Crippen molar-refractivity contribution in [3.63, 3.8) is 0 Å². The second-order valence-electron chi connectivity index (χ2n) is 6.64. The van der Waals surface area contributed by atoms with Gasteiger partial charge in [0.1, 0.15) is 5.69 Å². The molecule has 0 radical (unpaired) electrons. The van der Waals surface area contributed by atoms with E-state index < -0.39 is 0 Å². The standard InChI is InChI=1S/C17H21N3O2/c1-9-12-3-4-13(18-8-12)15(9)20-17(21)14-7-11-5-6-22-16(11)10(2)19-14/h5-7,9,12-13,15,18H,3-4,8H2,1-2H3,(H,20,21)/t9-,12?,13?,15-/m0/s1. The summed E-state index contributed by atoms with van der Waals surface area (Å²) < 4.78 is 5.39. The van der Waals surface area contributed by atoms with E-state index in [1.54, 1.807) is 12.3 Å². The zero-order valence-electron chi connectivity index (χ0n) is 12.9. The quantitative estimate of drug-likeness (QED) is 0.892. The van der Waals surface area contributed by atoms with E-state index in [4.69, 9.17) is 4.42 Å². The van der Waals surface area contributed by atoms with Crippen molar-refractivity contribution in [1.29, 1.82) is 0 Å². The fourth-order valence-electron chi connectivity index (χ4n) is 4.03. The van der Waals surface area contributed by atoms with Gasteiger partial charge in [0.05, 0.1) is 12.0 Å². The van der Waals surface area contributed by atoms with E-state index >= 15 is 0 Å². The molecule has 1 aliphatic carbocycles. The average molecular weight is 299 g/mol. The van der Waals surface area contributed by atoms with Gasteiger partial charge in [0.25, 0.3) is 5.91 Å². The maximum Gasteiger partial charge on any atom is 0.270 e. The van der Waals surface area contributed by atoms with E-state index in [2.05, 4.69) is 22.5 Å². The van der Waals surface area contributed by atoms with Crippen LogP contribution in [-0.2, 0) is 0 Å². The van der Waals surface area contributed by atoms with Gasteiger partial charge < -0.3 is 15.1 Å². The number of pyridine rings is 1. The Labute approximate surface area is 129 Å². The third-order valence-corrected chi connectivity index (χ3v) is 5.37. The highest BCUT2D eigenvalue weighted by Crippen LogP contribution is 2.34. The molecule has 5 heteroatoms. The van der Waals surface area contributed by atoms with E-state index in [1.165, 1.54) is 6.42 Å². The van der Waals surface area contributed by atoms with Gasteiger partial charge in [-0.3, -0.25) is 4.79 Å². The molecule has 2 aromatic heterocycles. The van der Waals surface area contributed by atoms with Gasteiger partial charge in [-0.05, 0) is 50.3 Å². The molecule has 5 nitrogen and oxygen atoms in total. The Morgan fingerprint density at radius 1 is 1.45 bits per heavy atom. The van der Waals surface area contributed by atoms with E-state index in [1.807, 2.05) is 13.0 Å². The topological polar surface area (TPSA) is 67.2 Å². The molecule has 2 N–H and O–H groups in total. The van der Waals surface area contributed by atoms with Crippen LogP contribution < -0.4 is 10.6 Å². The fourth-order valence-corrected chi connectivity index (χ4v) is 4.03. The van der Waals surface area contributed by atoms with Crippen LogP contribution in [0.2, 0.25) is 0 Å². The maximum atomic E-state index is 12.6. The molecule has 4 heterocycles. The molecule has 2 aromatic rings. The third kappa shape index (κ3) is 2.11. The first-order valence-corrected chi connectivity index (χ1v) is 8.02. The van der Waals surface area contributed by atoms with Crippen molar-refractivity contribution in [3.05, 3.63) is 29.8 Å². The Bertz CT molecular complexity index is 714. The van der Waals surface area contributed by atoms with Crippen LogP contribution in [-0.4, -0.2) is 29.5 Å². The Morgan fingerprint density at radius 3 is 3.05 bits per heavy atom. The molecular weight excluding hydrogens is 278 g/mol. The number of fused-ring (bicyclic) bond motifs is 4. The number of rotatable bonds is 2. The number of nitrogens with zero attached hydrogens (tertiary/aromatic N) is 1. The summed E-state index contributed by atoms with van der Waals surface area (Å²) in [6.07, 6.45) is 4.05. The van der Waals surface area contributed by atoms with Gasteiger partial charge in [-0.2, -0.15) is 0 Å². The minimum atomic E-state index is -0.0857. The molecule has 2 unspecified atom stereocenters. The van der Waals surface area contributed by atoms with Crippen LogP contribution >= 0.6 is 0 Å². The predicted molar refractivity (Wildman–Crippen MR) is 83.7 cm³/mol. The van der Waals surface area contributed by atoms with E-state index in [9.17, 15) is 4.79 Å². The summed E-state index contributed by atoms with van der Waals surface area (Å²) in [5, 5.41) is 7.67. The molecule has 0 aromatic carbocycles. The normalized spacial score (nSPS) is 30.6. The van der Waals surface area contributed by atoms with Gasteiger partial charge in [-0.25, -0.2) is 4.98 Å². The molecule has 4 atom stereocenters. The van der Waals surface area contributed by atoms with Crippen LogP contribution in [0.15, 0.2) is 22.8 Å². The van der Waals surface area contributed by atoms with Gasteiger partial charge in [0.2, 0.25) is 0 Å². The number of furan rings is 1. The number of nitrogens with one attached hydrogen (secondary N) is 2. The second kappa shape index (κ2) is 5.09. The van der Waals surface area contributed by atoms with Crippen molar-refractivity contribution in [2.24, 2.45) is 11.8 Å². The number of aromatic nitrogens is 1. The van der Waals surface area contributed by atoms with Crippen LogP contribution in [0.4, 0.5) is 0 Å². The molecule has 5 rings (SSSR count). The van der Waals surface area contributed by atoms with Crippen molar-refractivity contribution in [2.45, 2.75) is 38.8 Å². The zero-order valence-corrected chi connectivity index (χ0v) is 12.9. The highest BCUT2D eigenvalue weighted by Gasteiger charge is 2.41. The van der Waals surface area contributed by atoms with Gasteiger partial charge in [0.15, 0.2) is 5.58 Å². The number of aryl methyl sites for hydroxylation is 1. The molecule has 116 valence electrons. The van der Waals surface area contributed by atoms with Crippen molar-refractivity contribution >= 4 is 16.9 Å². The summed E-state index contributed by atoms with van der Waals surface area (Å²) in [5.74, 6) is 1.10. The lowest BCUT2D eigenvalue weighted by atomic mass is 9.70. The summed E-state index contributed by atoms with van der Waals surface area (Å²) >= 11 is 0. The molecule has 0 spiro atoms. The van der Waals surface area contributed by atoms with Crippen molar-refractivity contribution in [1.82, 2.24) is 15.6 Å². The zero-order chi connectivity index (χ0) is 15.3. The molecule has 1 amide bonds. The Kier molecular flexibility index (Phi) is 3.18. The lowest BCUT2D eigenvalue weighted by molar-refractivity contribution is 0.0712. The SMILES string of the molecule is Cc1nc(C(=O)N[C@@H]2C3CCC(CN3)[C@@H]2C)cc2ccoc12. The lowest BCUT2D eigenvalue weighted by Crippen LogP contribution is -2.63. The molecule has 2 saturated heterocycles. The third-order valence-electron chi connectivity index (χ3n) is 5.37. The summed E-state index contributed by atoms with van der Waals surface area (Å²) in [5.41, 5.74) is 1.98. The first-order chi connectivity index (χ1) is 10.6. The summed E-state index contributed by atoms with van der Waals surface area (Å²) in [6, 6.07) is 4.26. The number of carbonyl (C=O) groups excluding carboxylic acids is 1. The maximum absolute atomic E-state index is 12.6. The number of amides is 1. The Balaban J connectivity index is 1.58. The molecule has 1 saturated carbocycles. The average Bonchev–Trinajstić information content (AvgIpc) is 3.00. The van der Waals surface area contributed by atoms with Gasteiger partial charge >= 0.3 is 0 Å². The van der Waals surface area contributed by atoms with E-state index in [-0.39, 0.29) is 11.9 Å². The minimum absolute atomic E-state index is 0.0857. The molecule has 3 aliphatic rings. The van der Waals surface area contributed by atoms with Crippen molar-refractivity contribution < 1.29 is 9.21 Å². The first kappa shape index (κ1) is 13.8. The van der Waals surface area contributed by atoms with Crippen LogP contribution in [0.3, 0.4) is 0 Å². The highest BCUT2D eigenvalue weighted by molar-refractivity contribution is 5.96. The number of hydrogen-bond acceptors (Lipinski definition) is 4. The minimum Gasteiger partial charge on any atom is -0.462 e. The van der Waals surface area contributed by atoms with Gasteiger partial charge in [0, 0.05) is 17.5 Å². The van der Waals surface area contributed by atoms with E-state index in [0.717, 1.165) is 29.6 Å². The predicted octanol–water partition coefficient (Wildman–Crippen LogP) is 2.25. The summed E-state index contributed by atoms with van der Waals surface area (Å²) in [7, 11) is 0. The highest BCUT2D eigenvalue weighted by atomic mass is 16.3. The van der Waals surface area contributed by atoms with Crippen LogP contribution in [0.25, 0.3) is 11.0 Å². The van der Waals surface area contributed by atoms with Crippen LogP contribution in [0.1, 0.15) is 35.9 Å². The summed E-state index contributed by atoms with van der Waals surface area (Å²) in [6.45, 7) is 5.20. The Morgan fingerprint density at radius 2 is 2.32 bits per heavy atom. The lowest BCUT2D eigenvalue weighted by Gasteiger charge is -2.48. The summed E-state index contributed by atoms with van der Waals surface area (Å²) in [4.78, 5) is 17.0. The van der Waals surface area contributed by atoms with Crippen LogP contribution in [0, 0.1) is 18.8 Å². The van der Waals surface area contributed by atoms with Crippen molar-refractivity contribution in [3.8, 4) is 0 Å². The number of carbonyl (C=O) groups is 1. The van der Waals surface area contributed by atoms with Gasteiger partial charge in [-0.1, -0.05) is 6.92 Å². The molecule has 3 fully saturated rings. The fraction of sp³-hybridized carbons (Fsp3) is 0.529. The number of piperidine rings is 2. The Hall–Kier alpha value is -1.88. The first-order valence-electron chi connectivity index (χ1n) is 8.02. The van der Waals surface area contributed by atoms with Crippen LogP contribution in [0.5, 0.6) is 0 Å². The number of hydrogen-bond donors (Lipinski definition) is 2. The monoisotopic (exact) mass is 299 g/mol. The molecule has 2 aliphatic heterocycles.